The van der Waals surface area contributed by atoms with Crippen LogP contribution >= 0.6 is 0 Å². The number of rotatable bonds is 8. The Balaban J connectivity index is 0.000000451. The summed E-state index contributed by atoms with van der Waals surface area (Å²) in [6, 6.07) is 0. The van der Waals surface area contributed by atoms with E-state index >= 15 is 0 Å². The molecule has 2 heterocycles. The summed E-state index contributed by atoms with van der Waals surface area (Å²) in [6.07, 6.45) is -14.0. The first kappa shape index (κ1) is 29.6. The highest BCUT2D eigenvalue weighted by Crippen LogP contribution is 2.24. The Morgan fingerprint density at radius 1 is 1.03 bits per heavy atom. The van der Waals surface area contributed by atoms with E-state index in [1.165, 1.54) is 6.92 Å². The number of carbonyl (C=O) groups is 1. The van der Waals surface area contributed by atoms with Gasteiger partial charge in [0, 0.05) is 6.08 Å². The van der Waals surface area contributed by atoms with Gasteiger partial charge < -0.3 is 59.6 Å². The summed E-state index contributed by atoms with van der Waals surface area (Å²) in [7, 11) is -3.85. The van der Waals surface area contributed by atoms with Crippen molar-refractivity contribution in [2.45, 2.75) is 62.0 Å². The van der Waals surface area contributed by atoms with Crippen LogP contribution in [0, 0.1) is 0 Å². The number of allylic oxidation sites excluding steroid dienone is 1. The summed E-state index contributed by atoms with van der Waals surface area (Å²) in [5.74, 6) is -0.604. The minimum absolute atomic E-state index is 0.0729. The second kappa shape index (κ2) is 12.8. The lowest BCUT2D eigenvalue weighted by atomic mass is 9.98. The van der Waals surface area contributed by atoms with Crippen LogP contribution in [0.3, 0.4) is 0 Å². The molecule has 0 spiro atoms. The zero-order chi connectivity index (χ0) is 25.5. The summed E-state index contributed by atoms with van der Waals surface area (Å²) in [5, 5.41) is 84.9. The van der Waals surface area contributed by atoms with Crippen LogP contribution in [0.4, 0.5) is 0 Å². The van der Waals surface area contributed by atoms with Crippen molar-refractivity contribution in [2.24, 2.45) is 0 Å². The molecular formula is C16H29NO15S. The van der Waals surface area contributed by atoms with Gasteiger partial charge in [0.05, 0.1) is 19.8 Å². The molecule has 9 atom stereocenters. The van der Waals surface area contributed by atoms with Gasteiger partial charge in [0.15, 0.2) is 6.29 Å². The Hall–Kier alpha value is -1.48. The molecule has 2 aliphatic rings. The third-order valence-corrected chi connectivity index (χ3v) is 5.36. The van der Waals surface area contributed by atoms with E-state index in [1.54, 1.807) is 4.72 Å². The van der Waals surface area contributed by atoms with Crippen LogP contribution in [0.5, 0.6) is 0 Å². The number of amides is 1. The predicted octanol–water partition coefficient (Wildman–Crippen LogP) is -6.48. The number of aliphatic hydroxyl groups is 9. The fourth-order valence-electron chi connectivity index (χ4n) is 2.72. The lowest BCUT2D eigenvalue weighted by Crippen LogP contribution is -2.61. The Labute approximate surface area is 188 Å². The largest absolute Gasteiger partial charge is 0.409 e. The zero-order valence-corrected chi connectivity index (χ0v) is 18.1. The molecule has 2 aliphatic heterocycles. The fraction of sp³-hybridized carbons (Fsp3) is 0.812. The van der Waals surface area contributed by atoms with Gasteiger partial charge in [0.25, 0.3) is 5.91 Å². The number of ether oxygens (including phenoxy) is 2. The standard InChI is InChI=1S/C12H24O11.C4H5NO4S/c13-1-4(16)7(18)11(5(17)2-14)23-12-10(21)9(20)8(19)6(3-15)22-12;1-3-2-4(6)5-10(7,8)9-3/h4-21H,1-3H2;2H,1H3,(H,5,6)/t4-,5+,6+,7+,8-,9-,10+,11+,12-;/m0./s1. The van der Waals surface area contributed by atoms with Crippen molar-refractivity contribution >= 4 is 16.2 Å². The molecule has 17 heteroatoms. The third-order valence-electron chi connectivity index (χ3n) is 4.42. The third kappa shape index (κ3) is 8.35. The van der Waals surface area contributed by atoms with Gasteiger partial charge in [-0.2, -0.15) is 8.42 Å². The molecule has 10 N–H and O–H groups in total. The van der Waals surface area contributed by atoms with Crippen molar-refractivity contribution in [1.82, 2.24) is 4.72 Å². The minimum Gasteiger partial charge on any atom is -0.394 e. The summed E-state index contributed by atoms with van der Waals surface area (Å²) in [5.41, 5.74) is 0. The molecule has 194 valence electrons. The van der Waals surface area contributed by atoms with Gasteiger partial charge in [-0.05, 0) is 6.92 Å². The van der Waals surface area contributed by atoms with Gasteiger partial charge in [0.2, 0.25) is 0 Å². The molecule has 0 bridgehead atoms. The molecule has 0 radical (unpaired) electrons. The maximum Gasteiger partial charge on any atom is 0.409 e. The molecule has 0 saturated carbocycles. The Morgan fingerprint density at radius 2 is 1.61 bits per heavy atom. The highest BCUT2D eigenvalue weighted by molar-refractivity contribution is 7.85. The lowest BCUT2D eigenvalue weighted by molar-refractivity contribution is -0.327. The van der Waals surface area contributed by atoms with Crippen molar-refractivity contribution < 1.29 is 72.8 Å². The van der Waals surface area contributed by atoms with Crippen LogP contribution in [0.15, 0.2) is 11.8 Å². The summed E-state index contributed by atoms with van der Waals surface area (Å²) in [4.78, 5) is 10.4. The maximum atomic E-state index is 10.5. The van der Waals surface area contributed by atoms with Crippen LogP contribution in [-0.2, 0) is 28.8 Å². The Kier molecular flexibility index (Phi) is 11.5. The van der Waals surface area contributed by atoms with E-state index in [2.05, 4.69) is 4.18 Å². The molecule has 16 nitrogen and oxygen atoms in total. The quantitative estimate of drug-likeness (QED) is 0.146. The molecular weight excluding hydrogens is 478 g/mol. The smallest absolute Gasteiger partial charge is 0.394 e. The van der Waals surface area contributed by atoms with Crippen molar-refractivity contribution in [3.63, 3.8) is 0 Å². The maximum absolute atomic E-state index is 10.5. The number of aliphatic hydroxyl groups excluding tert-OH is 9. The SMILES string of the molecule is CC1=CC(=O)NS(=O)(=O)O1.OC[C@@H](O)[C@@H](O[C@@H]1O[C@H](CO)[C@H](O)[C@H](O)[C@H]1O)[C@H](O)[C@@H](O)CO. The van der Waals surface area contributed by atoms with E-state index < -0.39 is 91.2 Å². The monoisotopic (exact) mass is 507 g/mol. The second-order valence-corrected chi connectivity index (χ2v) is 8.33. The molecule has 1 fully saturated rings. The normalized spacial score (nSPS) is 32.7. The number of hydrogen-bond donors (Lipinski definition) is 10. The van der Waals surface area contributed by atoms with Gasteiger partial charge in [-0.15, -0.1) is 0 Å². The van der Waals surface area contributed by atoms with Crippen molar-refractivity contribution in [3.8, 4) is 0 Å². The van der Waals surface area contributed by atoms with Gasteiger partial charge in [-0.3, -0.25) is 4.79 Å². The average molecular weight is 507 g/mol. The first-order chi connectivity index (χ1) is 15.3. The highest BCUT2D eigenvalue weighted by Gasteiger charge is 2.46. The fourth-order valence-corrected chi connectivity index (χ4v) is 3.46. The summed E-state index contributed by atoms with van der Waals surface area (Å²) >= 11 is 0. The van der Waals surface area contributed by atoms with Crippen molar-refractivity contribution in [2.75, 3.05) is 19.8 Å². The van der Waals surface area contributed by atoms with Crippen LogP contribution in [-0.4, -0.2) is 135 Å². The first-order valence-corrected chi connectivity index (χ1v) is 10.8. The lowest BCUT2D eigenvalue weighted by Gasteiger charge is -2.42. The molecule has 0 aliphatic carbocycles. The van der Waals surface area contributed by atoms with Crippen molar-refractivity contribution in [1.29, 1.82) is 0 Å². The molecule has 2 rings (SSSR count). The van der Waals surface area contributed by atoms with E-state index in [1.807, 2.05) is 0 Å². The van der Waals surface area contributed by atoms with E-state index in [9.17, 15) is 43.9 Å². The van der Waals surface area contributed by atoms with E-state index in [-0.39, 0.29) is 5.76 Å². The first-order valence-electron chi connectivity index (χ1n) is 9.44. The molecule has 0 unspecified atom stereocenters. The molecule has 0 aromatic rings. The van der Waals surface area contributed by atoms with Gasteiger partial charge in [-0.25, -0.2) is 4.72 Å². The van der Waals surface area contributed by atoms with Crippen LogP contribution in [0.1, 0.15) is 6.92 Å². The molecule has 0 aromatic carbocycles. The summed E-state index contributed by atoms with van der Waals surface area (Å²) in [6.45, 7) is -1.07. The minimum atomic E-state index is -3.85. The van der Waals surface area contributed by atoms with Gasteiger partial charge >= 0.3 is 10.3 Å². The van der Waals surface area contributed by atoms with E-state index in [0.717, 1.165) is 6.08 Å². The number of carbonyl (C=O) groups excluding carboxylic acids is 1. The summed E-state index contributed by atoms with van der Waals surface area (Å²) < 4.78 is 37.0. The zero-order valence-electron chi connectivity index (χ0n) is 17.3. The van der Waals surface area contributed by atoms with Gasteiger partial charge in [0.1, 0.15) is 54.6 Å². The Morgan fingerprint density at radius 3 is 2.06 bits per heavy atom. The number of hydrogen-bond acceptors (Lipinski definition) is 15. The number of nitrogens with one attached hydrogen (secondary N) is 1. The van der Waals surface area contributed by atoms with Crippen LogP contribution < -0.4 is 4.72 Å². The predicted molar refractivity (Wildman–Crippen MR) is 103 cm³/mol. The topological polar surface area (TPSA) is 273 Å². The average Bonchev–Trinajstić information content (AvgIpc) is 2.74. The van der Waals surface area contributed by atoms with Crippen LogP contribution in [0.25, 0.3) is 0 Å². The second-order valence-electron chi connectivity index (χ2n) is 7.05. The van der Waals surface area contributed by atoms with Crippen LogP contribution in [0.2, 0.25) is 0 Å². The molecule has 33 heavy (non-hydrogen) atoms. The van der Waals surface area contributed by atoms with E-state index in [4.69, 9.17) is 24.8 Å². The highest BCUT2D eigenvalue weighted by atomic mass is 32.2. The molecule has 1 amide bonds. The Bertz CT molecular complexity index is 759. The molecule has 1 saturated heterocycles. The van der Waals surface area contributed by atoms with E-state index in [0.29, 0.717) is 0 Å². The molecule has 0 aromatic heterocycles. The van der Waals surface area contributed by atoms with Crippen molar-refractivity contribution in [3.05, 3.63) is 11.8 Å². The van der Waals surface area contributed by atoms with Gasteiger partial charge in [-0.1, -0.05) is 0 Å².